The Morgan fingerprint density at radius 1 is 1.32 bits per heavy atom. The fourth-order valence-corrected chi connectivity index (χ4v) is 2.54. The molecule has 104 valence electrons. The van der Waals surface area contributed by atoms with E-state index in [4.69, 9.17) is 0 Å². The Morgan fingerprint density at radius 2 is 2.05 bits per heavy atom. The molecule has 0 amide bonds. The van der Waals surface area contributed by atoms with E-state index in [1.165, 1.54) is 32.4 Å². The summed E-state index contributed by atoms with van der Waals surface area (Å²) < 4.78 is 0. The first-order chi connectivity index (χ1) is 9.18. The summed E-state index contributed by atoms with van der Waals surface area (Å²) in [5.74, 6) is 0. The van der Waals surface area contributed by atoms with Crippen molar-refractivity contribution in [3.63, 3.8) is 0 Å². The van der Waals surface area contributed by atoms with Crippen LogP contribution in [0.5, 0.6) is 0 Å². The van der Waals surface area contributed by atoms with Gasteiger partial charge in [-0.1, -0.05) is 12.5 Å². The predicted molar refractivity (Wildman–Crippen MR) is 76.6 cm³/mol. The monoisotopic (exact) mass is 263 g/mol. The lowest BCUT2D eigenvalue weighted by Crippen LogP contribution is -2.33. The Balaban J connectivity index is 1.88. The summed E-state index contributed by atoms with van der Waals surface area (Å²) in [5, 5.41) is 14.2. The van der Waals surface area contributed by atoms with Crippen LogP contribution < -0.4 is 5.32 Å². The Kier molecular flexibility index (Phi) is 4.74. The van der Waals surface area contributed by atoms with Crippen LogP contribution in [0.2, 0.25) is 0 Å². The quantitative estimate of drug-likeness (QED) is 0.655. The van der Waals surface area contributed by atoms with Crippen LogP contribution in [0.1, 0.15) is 24.8 Å². The number of hydrogen-bond donors (Lipinski definition) is 1. The molecule has 0 saturated carbocycles. The van der Waals surface area contributed by atoms with Crippen molar-refractivity contribution in [2.24, 2.45) is 0 Å². The molecule has 0 atom stereocenters. The normalized spacial score (nSPS) is 16.3. The molecule has 1 aromatic rings. The summed E-state index contributed by atoms with van der Waals surface area (Å²) in [4.78, 5) is 13.0. The number of benzene rings is 1. The molecule has 1 aromatic carbocycles. The maximum absolute atomic E-state index is 10.9. The summed E-state index contributed by atoms with van der Waals surface area (Å²) in [7, 11) is 0. The molecule has 1 aliphatic rings. The first kappa shape index (κ1) is 13.8. The molecule has 0 aromatic heterocycles. The molecule has 1 fully saturated rings. The number of likely N-dealkylation sites (tertiary alicyclic amines) is 1. The molecule has 5 heteroatoms. The van der Waals surface area contributed by atoms with E-state index in [0.717, 1.165) is 18.8 Å². The van der Waals surface area contributed by atoms with Crippen LogP contribution in [0.15, 0.2) is 18.2 Å². The fourth-order valence-electron chi connectivity index (χ4n) is 2.54. The van der Waals surface area contributed by atoms with Crippen molar-refractivity contribution in [1.82, 2.24) is 4.90 Å². The molecule has 0 radical (unpaired) electrons. The van der Waals surface area contributed by atoms with Gasteiger partial charge in [-0.2, -0.15) is 0 Å². The first-order valence-electron chi connectivity index (χ1n) is 6.89. The number of nitro groups is 1. The van der Waals surface area contributed by atoms with Gasteiger partial charge in [0, 0.05) is 30.4 Å². The highest BCUT2D eigenvalue weighted by Crippen LogP contribution is 2.24. The zero-order valence-electron chi connectivity index (χ0n) is 11.4. The third kappa shape index (κ3) is 3.67. The van der Waals surface area contributed by atoms with E-state index < -0.39 is 0 Å². The molecular weight excluding hydrogens is 242 g/mol. The highest BCUT2D eigenvalue weighted by atomic mass is 16.6. The van der Waals surface area contributed by atoms with Gasteiger partial charge in [0.1, 0.15) is 0 Å². The maximum atomic E-state index is 10.9. The van der Waals surface area contributed by atoms with Crippen molar-refractivity contribution in [1.29, 1.82) is 0 Å². The number of nitrogens with one attached hydrogen (secondary N) is 1. The minimum absolute atomic E-state index is 0.183. The number of anilines is 1. The van der Waals surface area contributed by atoms with Gasteiger partial charge in [-0.25, -0.2) is 0 Å². The number of rotatable bonds is 5. The van der Waals surface area contributed by atoms with Gasteiger partial charge < -0.3 is 10.2 Å². The molecule has 1 heterocycles. The topological polar surface area (TPSA) is 58.4 Å². The Labute approximate surface area is 113 Å². The maximum Gasteiger partial charge on any atom is 0.274 e. The Bertz CT molecular complexity index is 442. The SMILES string of the molecule is Cc1c(NCCN2CCCCC2)cccc1[N+](=O)[O-]. The molecule has 1 saturated heterocycles. The molecule has 0 unspecified atom stereocenters. The van der Waals surface area contributed by atoms with Gasteiger partial charge in [-0.3, -0.25) is 10.1 Å². The lowest BCUT2D eigenvalue weighted by molar-refractivity contribution is -0.385. The Morgan fingerprint density at radius 3 is 2.74 bits per heavy atom. The summed E-state index contributed by atoms with van der Waals surface area (Å²) in [6.45, 7) is 5.98. The van der Waals surface area contributed by atoms with Gasteiger partial charge in [0.25, 0.3) is 5.69 Å². The second kappa shape index (κ2) is 6.52. The van der Waals surface area contributed by atoms with Gasteiger partial charge in [0.2, 0.25) is 0 Å². The highest BCUT2D eigenvalue weighted by Gasteiger charge is 2.13. The average Bonchev–Trinajstić information content (AvgIpc) is 2.41. The van der Waals surface area contributed by atoms with Crippen molar-refractivity contribution in [3.8, 4) is 0 Å². The van der Waals surface area contributed by atoms with Crippen molar-refractivity contribution >= 4 is 11.4 Å². The molecule has 0 aliphatic carbocycles. The van der Waals surface area contributed by atoms with E-state index in [-0.39, 0.29) is 10.6 Å². The van der Waals surface area contributed by atoms with Gasteiger partial charge in [0.05, 0.1) is 4.92 Å². The second-order valence-corrected chi connectivity index (χ2v) is 5.04. The van der Waals surface area contributed by atoms with E-state index >= 15 is 0 Å². The molecule has 19 heavy (non-hydrogen) atoms. The third-order valence-electron chi connectivity index (χ3n) is 3.69. The minimum atomic E-state index is -0.328. The van der Waals surface area contributed by atoms with E-state index in [1.54, 1.807) is 19.1 Å². The first-order valence-corrected chi connectivity index (χ1v) is 6.89. The number of hydrogen-bond acceptors (Lipinski definition) is 4. The smallest absolute Gasteiger partial charge is 0.274 e. The molecule has 2 rings (SSSR count). The zero-order valence-corrected chi connectivity index (χ0v) is 11.4. The van der Waals surface area contributed by atoms with E-state index in [2.05, 4.69) is 10.2 Å². The van der Waals surface area contributed by atoms with Crippen LogP contribution >= 0.6 is 0 Å². The van der Waals surface area contributed by atoms with Crippen LogP contribution in [-0.4, -0.2) is 36.0 Å². The van der Waals surface area contributed by atoms with Crippen LogP contribution in [0.4, 0.5) is 11.4 Å². The molecule has 5 nitrogen and oxygen atoms in total. The molecule has 1 N–H and O–H groups in total. The minimum Gasteiger partial charge on any atom is -0.383 e. The number of nitrogens with zero attached hydrogens (tertiary/aromatic N) is 2. The lowest BCUT2D eigenvalue weighted by Gasteiger charge is -2.26. The predicted octanol–water partition coefficient (Wildman–Crippen LogP) is 2.80. The molecular formula is C14H21N3O2. The van der Waals surface area contributed by atoms with Crippen LogP contribution in [-0.2, 0) is 0 Å². The van der Waals surface area contributed by atoms with E-state index in [9.17, 15) is 10.1 Å². The van der Waals surface area contributed by atoms with E-state index in [1.807, 2.05) is 6.07 Å². The largest absolute Gasteiger partial charge is 0.383 e. The molecule has 1 aliphatic heterocycles. The molecule has 0 bridgehead atoms. The van der Waals surface area contributed by atoms with Gasteiger partial charge >= 0.3 is 0 Å². The second-order valence-electron chi connectivity index (χ2n) is 5.04. The summed E-state index contributed by atoms with van der Waals surface area (Å²) >= 11 is 0. The average molecular weight is 263 g/mol. The van der Waals surface area contributed by atoms with Gasteiger partial charge in [-0.05, 0) is 38.9 Å². The van der Waals surface area contributed by atoms with Crippen LogP contribution in [0.25, 0.3) is 0 Å². The highest BCUT2D eigenvalue weighted by molar-refractivity contribution is 5.59. The molecule has 0 spiro atoms. The van der Waals surface area contributed by atoms with Gasteiger partial charge in [0.15, 0.2) is 0 Å². The number of piperidine rings is 1. The zero-order chi connectivity index (χ0) is 13.7. The van der Waals surface area contributed by atoms with Crippen LogP contribution in [0.3, 0.4) is 0 Å². The standard InChI is InChI=1S/C14H21N3O2/c1-12-13(6-5-7-14(12)17(18)19)15-8-11-16-9-3-2-4-10-16/h5-7,15H,2-4,8-11H2,1H3. The van der Waals surface area contributed by atoms with E-state index in [0.29, 0.717) is 5.56 Å². The summed E-state index contributed by atoms with van der Waals surface area (Å²) in [5.41, 5.74) is 1.76. The summed E-state index contributed by atoms with van der Waals surface area (Å²) in [6, 6.07) is 5.18. The Hall–Kier alpha value is -1.62. The van der Waals surface area contributed by atoms with Crippen LogP contribution in [0, 0.1) is 17.0 Å². The number of nitro benzene ring substituents is 1. The van der Waals surface area contributed by atoms with Crippen molar-refractivity contribution in [3.05, 3.63) is 33.9 Å². The lowest BCUT2D eigenvalue weighted by atomic mass is 10.1. The van der Waals surface area contributed by atoms with Crippen molar-refractivity contribution < 1.29 is 4.92 Å². The van der Waals surface area contributed by atoms with Crippen molar-refractivity contribution in [2.75, 3.05) is 31.5 Å². The summed E-state index contributed by atoms with van der Waals surface area (Å²) in [6.07, 6.45) is 3.92. The van der Waals surface area contributed by atoms with Gasteiger partial charge in [-0.15, -0.1) is 0 Å². The van der Waals surface area contributed by atoms with Crippen molar-refractivity contribution in [2.45, 2.75) is 26.2 Å². The fraction of sp³-hybridized carbons (Fsp3) is 0.571. The third-order valence-corrected chi connectivity index (χ3v) is 3.69.